The molecular weight excluding hydrogens is 584 g/mol. The Morgan fingerprint density at radius 1 is 1.11 bits per heavy atom. The number of carbonyl (C=O) groups is 2. The third kappa shape index (κ3) is 9.83. The van der Waals surface area contributed by atoms with Crippen LogP contribution >= 0.6 is 0 Å². The van der Waals surface area contributed by atoms with E-state index >= 15 is 0 Å². The summed E-state index contributed by atoms with van der Waals surface area (Å²) in [5, 5.41) is 13.0. The van der Waals surface area contributed by atoms with Crippen LogP contribution in [0.1, 0.15) is 64.2 Å². The highest BCUT2D eigenvalue weighted by molar-refractivity contribution is 7.92. The van der Waals surface area contributed by atoms with Crippen LogP contribution in [0.15, 0.2) is 53.4 Å². The molecule has 4 atom stereocenters. The van der Waals surface area contributed by atoms with Gasteiger partial charge in [-0.1, -0.05) is 25.1 Å². The average molecular weight is 633 g/mol. The van der Waals surface area contributed by atoms with Crippen molar-refractivity contribution in [1.29, 1.82) is 0 Å². The number of anilines is 1. The largest absolute Gasteiger partial charge is 0.490 e. The van der Waals surface area contributed by atoms with E-state index in [1.165, 1.54) is 18.2 Å². The first-order valence-corrected chi connectivity index (χ1v) is 16.7. The minimum atomic E-state index is -3.90. The van der Waals surface area contributed by atoms with Gasteiger partial charge < -0.3 is 29.7 Å². The molecule has 3 rings (SSSR count). The van der Waals surface area contributed by atoms with Crippen molar-refractivity contribution < 1.29 is 32.6 Å². The maximum absolute atomic E-state index is 14.2. The molecule has 1 aliphatic heterocycles. The van der Waals surface area contributed by atoms with E-state index in [0.29, 0.717) is 25.3 Å². The number of urea groups is 1. The highest BCUT2D eigenvalue weighted by atomic mass is 32.2. The molecule has 2 aromatic carbocycles. The molecule has 12 heteroatoms. The summed E-state index contributed by atoms with van der Waals surface area (Å²) in [6.07, 6.45) is 1.74. The second-order valence-corrected chi connectivity index (χ2v) is 13.6. The van der Waals surface area contributed by atoms with E-state index < -0.39 is 22.0 Å². The molecule has 1 aliphatic rings. The topological polar surface area (TPSA) is 138 Å². The van der Waals surface area contributed by atoms with E-state index in [9.17, 15) is 23.1 Å². The molecule has 0 saturated heterocycles. The third-order valence-electron chi connectivity index (χ3n) is 7.57. The minimum Gasteiger partial charge on any atom is -0.490 e. The average Bonchev–Trinajstić information content (AvgIpc) is 2.98. The predicted molar refractivity (Wildman–Crippen MR) is 170 cm³/mol. The molecule has 244 valence electrons. The molecule has 0 fully saturated rings. The second kappa shape index (κ2) is 16.1. The number of hydrogen-bond acceptors (Lipinski definition) is 7. The van der Waals surface area contributed by atoms with Gasteiger partial charge in [-0.25, -0.2) is 13.2 Å². The number of benzene rings is 2. The first-order chi connectivity index (χ1) is 20.8. The molecule has 0 radical (unpaired) electrons. The molecule has 0 aliphatic carbocycles. The van der Waals surface area contributed by atoms with Crippen molar-refractivity contribution in [3.05, 3.63) is 54.1 Å². The van der Waals surface area contributed by atoms with Gasteiger partial charge in [-0.2, -0.15) is 0 Å². The molecule has 11 nitrogen and oxygen atoms in total. The number of nitrogens with one attached hydrogen (secondary N) is 2. The fourth-order valence-electron chi connectivity index (χ4n) is 4.97. The Morgan fingerprint density at radius 2 is 1.82 bits per heavy atom. The van der Waals surface area contributed by atoms with Crippen LogP contribution in [0.4, 0.5) is 10.5 Å². The lowest BCUT2D eigenvalue weighted by molar-refractivity contribution is -0.0122. The van der Waals surface area contributed by atoms with Crippen LogP contribution in [-0.2, 0) is 14.8 Å². The Labute approximate surface area is 262 Å². The van der Waals surface area contributed by atoms with Gasteiger partial charge in [-0.05, 0) is 77.3 Å². The van der Waals surface area contributed by atoms with Gasteiger partial charge in [-0.15, -0.1) is 0 Å². The molecule has 2 aromatic rings. The van der Waals surface area contributed by atoms with Crippen LogP contribution in [0.3, 0.4) is 0 Å². The van der Waals surface area contributed by atoms with Gasteiger partial charge in [0.1, 0.15) is 5.75 Å². The smallest absolute Gasteiger partial charge is 0.317 e. The summed E-state index contributed by atoms with van der Waals surface area (Å²) < 4.78 is 41.2. The van der Waals surface area contributed by atoms with Crippen LogP contribution in [0, 0.1) is 5.92 Å². The highest BCUT2D eigenvalue weighted by Gasteiger charge is 2.31. The number of amides is 3. The monoisotopic (exact) mass is 632 g/mol. The molecule has 44 heavy (non-hydrogen) atoms. The zero-order valence-corrected chi connectivity index (χ0v) is 27.5. The Morgan fingerprint density at radius 3 is 2.48 bits per heavy atom. The Bertz CT molecular complexity index is 1340. The first kappa shape index (κ1) is 35.1. The van der Waals surface area contributed by atoms with Crippen molar-refractivity contribution in [3.8, 4) is 5.75 Å². The maximum Gasteiger partial charge on any atom is 0.317 e. The molecule has 3 N–H and O–H groups in total. The summed E-state index contributed by atoms with van der Waals surface area (Å²) >= 11 is 0. The second-order valence-electron chi connectivity index (χ2n) is 11.9. The number of likely N-dealkylation sites (N-methyl/N-ethyl adjacent to an activating group) is 1. The number of carbonyl (C=O) groups excluding carboxylic acids is 2. The summed E-state index contributed by atoms with van der Waals surface area (Å²) in [6, 6.07) is 11.9. The molecule has 0 bridgehead atoms. The number of sulfonamides is 1. The van der Waals surface area contributed by atoms with E-state index in [1.807, 2.05) is 27.7 Å². The lowest BCUT2D eigenvalue weighted by Gasteiger charge is -2.36. The molecule has 0 unspecified atom stereocenters. The van der Waals surface area contributed by atoms with Crippen molar-refractivity contribution in [1.82, 2.24) is 15.1 Å². The Kier molecular flexibility index (Phi) is 12.9. The Hall–Kier alpha value is -3.35. The quantitative estimate of drug-likeness (QED) is 0.394. The summed E-state index contributed by atoms with van der Waals surface area (Å²) in [5.41, 5.74) is 0.391. The molecule has 1 heterocycles. The molecular formula is C32H48N4O7S. The number of nitrogens with zero attached hydrogens (tertiary/aromatic N) is 2. The third-order valence-corrected chi connectivity index (χ3v) is 8.97. The highest BCUT2D eigenvalue weighted by Crippen LogP contribution is 2.29. The fourth-order valence-corrected chi connectivity index (χ4v) is 6.04. The summed E-state index contributed by atoms with van der Waals surface area (Å²) in [6.45, 7) is 10.2. The van der Waals surface area contributed by atoms with Crippen LogP contribution in [-0.4, -0.2) is 92.9 Å². The van der Waals surface area contributed by atoms with Crippen LogP contribution in [0.5, 0.6) is 5.75 Å². The minimum absolute atomic E-state index is 0.0165. The molecule has 0 saturated carbocycles. The normalized spacial score (nSPS) is 21.0. The zero-order valence-electron chi connectivity index (χ0n) is 26.7. The lowest BCUT2D eigenvalue weighted by Crippen LogP contribution is -2.49. The Balaban J connectivity index is 1.98. The van der Waals surface area contributed by atoms with Gasteiger partial charge in [0.2, 0.25) is 0 Å². The molecule has 0 aromatic heterocycles. The summed E-state index contributed by atoms with van der Waals surface area (Å²) in [7, 11) is -2.19. The van der Waals surface area contributed by atoms with Crippen molar-refractivity contribution in [2.75, 3.05) is 38.1 Å². The zero-order chi connectivity index (χ0) is 32.4. The van der Waals surface area contributed by atoms with Crippen molar-refractivity contribution in [2.45, 2.75) is 83.1 Å². The summed E-state index contributed by atoms with van der Waals surface area (Å²) in [4.78, 5) is 30.1. The van der Waals surface area contributed by atoms with E-state index in [2.05, 4.69) is 10.0 Å². The van der Waals surface area contributed by atoms with Gasteiger partial charge in [0.05, 0.1) is 35.3 Å². The van der Waals surface area contributed by atoms with Gasteiger partial charge in [0.15, 0.2) is 0 Å². The van der Waals surface area contributed by atoms with E-state index in [0.717, 1.165) is 12.8 Å². The van der Waals surface area contributed by atoms with Gasteiger partial charge >= 0.3 is 6.03 Å². The van der Waals surface area contributed by atoms with Crippen molar-refractivity contribution in [3.63, 3.8) is 0 Å². The van der Waals surface area contributed by atoms with Crippen molar-refractivity contribution in [2.24, 2.45) is 5.92 Å². The summed E-state index contributed by atoms with van der Waals surface area (Å²) in [5.74, 6) is -0.292. The van der Waals surface area contributed by atoms with Crippen LogP contribution in [0.25, 0.3) is 0 Å². The number of ether oxygens (including phenoxy) is 2. The van der Waals surface area contributed by atoms with Gasteiger partial charge in [0, 0.05) is 44.4 Å². The van der Waals surface area contributed by atoms with E-state index in [-0.39, 0.29) is 59.5 Å². The molecule has 0 spiro atoms. The number of aliphatic hydroxyl groups is 1. The van der Waals surface area contributed by atoms with Gasteiger partial charge in [0.25, 0.3) is 15.9 Å². The molecule has 3 amide bonds. The number of aliphatic hydroxyl groups excluding tert-OH is 1. The lowest BCUT2D eigenvalue weighted by atomic mass is 10.0. The SMILES string of the molecule is CC(C)NC(=O)N(C)C[C@H]1OCCCC[C@@H](C)Oc2ccc(NS(=O)(=O)c3ccccc3)cc2C(=O)N([C@@H](C)CO)C[C@@H]1C. The van der Waals surface area contributed by atoms with E-state index in [4.69, 9.17) is 9.47 Å². The fraction of sp³-hybridized carbons (Fsp3) is 0.562. The van der Waals surface area contributed by atoms with Crippen molar-refractivity contribution >= 4 is 27.6 Å². The maximum atomic E-state index is 14.2. The number of hydrogen-bond donors (Lipinski definition) is 3. The first-order valence-electron chi connectivity index (χ1n) is 15.3. The van der Waals surface area contributed by atoms with E-state index in [1.54, 1.807) is 54.1 Å². The number of fused-ring (bicyclic) bond motifs is 1. The van der Waals surface area contributed by atoms with Crippen LogP contribution < -0.4 is 14.8 Å². The predicted octanol–water partition coefficient (Wildman–Crippen LogP) is 4.33. The standard InChI is InChI=1S/C32H48N4O7S/c1-22(2)33-32(39)35(6)20-30-23(3)19-36(24(4)21-37)31(38)28-18-26(34-44(40,41)27-13-8-7-9-14-27)15-16-29(28)43-25(5)12-10-11-17-42-30/h7-9,13-16,18,22-25,30,34,37H,10-12,17,19-21H2,1-6H3,(H,33,39)/t23-,24-,25+,30+/m0/s1. The van der Waals surface area contributed by atoms with Gasteiger partial charge in [-0.3, -0.25) is 9.52 Å². The number of rotatable bonds is 8. The van der Waals surface area contributed by atoms with Crippen LogP contribution in [0.2, 0.25) is 0 Å².